The van der Waals surface area contributed by atoms with E-state index in [1.165, 1.54) is 4.31 Å². The van der Waals surface area contributed by atoms with Crippen molar-refractivity contribution in [3.05, 3.63) is 42.0 Å². The third-order valence-corrected chi connectivity index (χ3v) is 5.60. The molecule has 124 valence electrons. The number of aromatic nitrogens is 2. The normalized spacial score (nSPS) is 20.0. The molecule has 1 atom stereocenters. The molecule has 23 heavy (non-hydrogen) atoms. The highest BCUT2D eigenvalue weighted by atomic mass is 32.2. The van der Waals surface area contributed by atoms with E-state index in [1.54, 1.807) is 30.3 Å². The molecule has 0 radical (unpaired) electrons. The van der Waals surface area contributed by atoms with Crippen LogP contribution in [0.2, 0.25) is 0 Å². The number of morpholine rings is 1. The minimum atomic E-state index is -3.64. The van der Waals surface area contributed by atoms with E-state index < -0.39 is 16.1 Å². The second-order valence-corrected chi connectivity index (χ2v) is 7.56. The van der Waals surface area contributed by atoms with E-state index in [0.29, 0.717) is 18.3 Å². The first kappa shape index (κ1) is 16.1. The molecule has 1 aromatic carbocycles. The molecule has 2 heterocycles. The zero-order valence-corrected chi connectivity index (χ0v) is 13.9. The summed E-state index contributed by atoms with van der Waals surface area (Å²) in [7, 11) is -3.64. The van der Waals surface area contributed by atoms with Gasteiger partial charge in [0.25, 0.3) is 0 Å². The van der Waals surface area contributed by atoms with E-state index in [-0.39, 0.29) is 24.0 Å². The van der Waals surface area contributed by atoms with Crippen molar-refractivity contribution in [3.8, 4) is 0 Å². The lowest BCUT2D eigenvalue weighted by Gasteiger charge is -2.32. The Labute approximate surface area is 135 Å². The van der Waals surface area contributed by atoms with Crippen LogP contribution in [0.5, 0.6) is 0 Å². The Balaban J connectivity index is 1.95. The molecule has 1 saturated heterocycles. The monoisotopic (exact) mass is 337 g/mol. The van der Waals surface area contributed by atoms with Gasteiger partial charge in [-0.1, -0.05) is 37.2 Å². The molecule has 3 rings (SSSR count). The smallest absolute Gasteiger partial charge is 0.243 e. The quantitative estimate of drug-likeness (QED) is 0.848. The highest BCUT2D eigenvalue weighted by Gasteiger charge is 2.37. The van der Waals surface area contributed by atoms with Gasteiger partial charge in [0.05, 0.1) is 18.1 Å². The second kappa shape index (κ2) is 6.38. The minimum absolute atomic E-state index is 0.0833. The fourth-order valence-corrected chi connectivity index (χ4v) is 4.00. The molecule has 1 fully saturated rings. The second-order valence-electron chi connectivity index (χ2n) is 5.67. The van der Waals surface area contributed by atoms with Crippen LogP contribution in [0.15, 0.2) is 39.8 Å². The number of sulfonamides is 1. The zero-order valence-electron chi connectivity index (χ0n) is 13.0. The van der Waals surface area contributed by atoms with Crippen LogP contribution in [0.3, 0.4) is 0 Å². The van der Waals surface area contributed by atoms with Gasteiger partial charge in [0.2, 0.25) is 15.9 Å². The van der Waals surface area contributed by atoms with Gasteiger partial charge in [-0.05, 0) is 12.1 Å². The lowest BCUT2D eigenvalue weighted by atomic mass is 10.2. The predicted octanol–water partition coefficient (Wildman–Crippen LogP) is 1.96. The maximum absolute atomic E-state index is 12.9. The summed E-state index contributed by atoms with van der Waals surface area (Å²) in [5.41, 5.74) is 0. The van der Waals surface area contributed by atoms with Crippen LogP contribution in [-0.4, -0.2) is 42.6 Å². The van der Waals surface area contributed by atoms with Gasteiger partial charge in [-0.2, -0.15) is 9.29 Å². The number of benzene rings is 1. The maximum Gasteiger partial charge on any atom is 0.243 e. The molecule has 1 aliphatic rings. The Kier molecular flexibility index (Phi) is 4.47. The molecular formula is C15H19N3O4S. The molecule has 0 aliphatic carbocycles. The van der Waals surface area contributed by atoms with Crippen molar-refractivity contribution < 1.29 is 17.7 Å². The fourth-order valence-electron chi connectivity index (χ4n) is 2.42. The van der Waals surface area contributed by atoms with Gasteiger partial charge in [-0.25, -0.2) is 8.42 Å². The molecule has 2 aromatic rings. The average Bonchev–Trinajstić information content (AvgIpc) is 3.06. The molecular weight excluding hydrogens is 318 g/mol. The largest absolute Gasteiger partial charge is 0.378 e. The average molecular weight is 337 g/mol. The highest BCUT2D eigenvalue weighted by molar-refractivity contribution is 7.89. The molecule has 1 aromatic heterocycles. The number of rotatable bonds is 4. The molecule has 8 heteroatoms. The molecule has 1 aliphatic heterocycles. The van der Waals surface area contributed by atoms with Crippen molar-refractivity contribution in [2.45, 2.75) is 30.7 Å². The standard InChI is InChI=1S/C15H19N3O4S/c1-11(2)15-16-14(17-22-15)13-10-21-9-8-18(13)23(19,20)12-6-4-3-5-7-12/h3-7,11,13H,8-10H2,1-2H3. The highest BCUT2D eigenvalue weighted by Crippen LogP contribution is 2.29. The van der Waals surface area contributed by atoms with Crippen LogP contribution >= 0.6 is 0 Å². The molecule has 0 spiro atoms. The molecule has 1 unspecified atom stereocenters. The maximum atomic E-state index is 12.9. The van der Waals surface area contributed by atoms with E-state index >= 15 is 0 Å². The van der Waals surface area contributed by atoms with Gasteiger partial charge in [-0.3, -0.25) is 0 Å². The van der Waals surface area contributed by atoms with E-state index in [9.17, 15) is 8.42 Å². The van der Waals surface area contributed by atoms with Crippen molar-refractivity contribution in [1.82, 2.24) is 14.4 Å². The van der Waals surface area contributed by atoms with Crippen LogP contribution in [0.1, 0.15) is 37.5 Å². The first-order valence-electron chi connectivity index (χ1n) is 7.48. The van der Waals surface area contributed by atoms with Gasteiger partial charge in [-0.15, -0.1) is 0 Å². The van der Waals surface area contributed by atoms with Gasteiger partial charge in [0.1, 0.15) is 6.04 Å². The van der Waals surface area contributed by atoms with E-state index in [2.05, 4.69) is 10.1 Å². The van der Waals surface area contributed by atoms with Crippen LogP contribution in [0.4, 0.5) is 0 Å². The third-order valence-electron chi connectivity index (χ3n) is 3.68. The van der Waals surface area contributed by atoms with Crippen LogP contribution in [0.25, 0.3) is 0 Å². The molecule has 7 nitrogen and oxygen atoms in total. The third kappa shape index (κ3) is 3.15. The first-order valence-corrected chi connectivity index (χ1v) is 8.92. The van der Waals surface area contributed by atoms with Crippen LogP contribution < -0.4 is 0 Å². The van der Waals surface area contributed by atoms with Gasteiger partial charge in [0.15, 0.2) is 5.82 Å². The summed E-state index contributed by atoms with van der Waals surface area (Å²) in [5, 5.41) is 3.95. The summed E-state index contributed by atoms with van der Waals surface area (Å²) in [6.45, 7) is 4.69. The van der Waals surface area contributed by atoms with Crippen molar-refractivity contribution in [2.75, 3.05) is 19.8 Å². The van der Waals surface area contributed by atoms with Crippen molar-refractivity contribution in [3.63, 3.8) is 0 Å². The molecule has 0 bridgehead atoms. The topological polar surface area (TPSA) is 85.5 Å². The van der Waals surface area contributed by atoms with Crippen LogP contribution in [0, 0.1) is 0 Å². The number of hydrogen-bond acceptors (Lipinski definition) is 6. The predicted molar refractivity (Wildman–Crippen MR) is 82.3 cm³/mol. The number of hydrogen-bond donors (Lipinski definition) is 0. The van der Waals surface area contributed by atoms with Crippen molar-refractivity contribution in [2.24, 2.45) is 0 Å². The molecule has 0 amide bonds. The summed E-state index contributed by atoms with van der Waals surface area (Å²) in [4.78, 5) is 4.58. The summed E-state index contributed by atoms with van der Waals surface area (Å²) in [6, 6.07) is 7.77. The lowest BCUT2D eigenvalue weighted by Crippen LogP contribution is -2.43. The number of ether oxygens (including phenoxy) is 1. The Hall–Kier alpha value is -1.77. The zero-order chi connectivity index (χ0) is 16.4. The molecule has 0 saturated carbocycles. The minimum Gasteiger partial charge on any atom is -0.378 e. The SMILES string of the molecule is CC(C)c1nc(C2COCCN2S(=O)(=O)c2ccccc2)no1. The Morgan fingerprint density at radius 3 is 2.65 bits per heavy atom. The van der Waals surface area contributed by atoms with Crippen molar-refractivity contribution in [1.29, 1.82) is 0 Å². The van der Waals surface area contributed by atoms with Gasteiger partial charge < -0.3 is 9.26 Å². The number of nitrogens with zero attached hydrogens (tertiary/aromatic N) is 3. The first-order chi connectivity index (χ1) is 11.0. The van der Waals surface area contributed by atoms with E-state index in [4.69, 9.17) is 9.26 Å². The van der Waals surface area contributed by atoms with E-state index in [0.717, 1.165) is 0 Å². The summed E-state index contributed by atoms with van der Waals surface area (Å²) in [5.74, 6) is 0.912. The Morgan fingerprint density at radius 2 is 2.00 bits per heavy atom. The Bertz CT molecular complexity index is 758. The summed E-state index contributed by atoms with van der Waals surface area (Å²) < 4.78 is 37.8. The fraction of sp³-hybridized carbons (Fsp3) is 0.467. The lowest BCUT2D eigenvalue weighted by molar-refractivity contribution is 0.0282. The Morgan fingerprint density at radius 1 is 1.26 bits per heavy atom. The van der Waals surface area contributed by atoms with E-state index in [1.807, 2.05) is 13.8 Å². The van der Waals surface area contributed by atoms with Gasteiger partial charge in [0, 0.05) is 12.5 Å². The van der Waals surface area contributed by atoms with Crippen LogP contribution in [-0.2, 0) is 14.8 Å². The summed E-state index contributed by atoms with van der Waals surface area (Å²) >= 11 is 0. The van der Waals surface area contributed by atoms with Crippen molar-refractivity contribution >= 4 is 10.0 Å². The van der Waals surface area contributed by atoms with Gasteiger partial charge >= 0.3 is 0 Å². The summed E-state index contributed by atoms with van der Waals surface area (Å²) in [6.07, 6.45) is 0. The molecule has 0 N–H and O–H groups in total.